The Kier molecular flexibility index (Phi) is 2.42. The Bertz CT molecular complexity index is 179. The highest BCUT2D eigenvalue weighted by atomic mass is 16.2. The molecular formula is C9H18N2O. The fourth-order valence-corrected chi connectivity index (χ4v) is 2.10. The van der Waals surface area contributed by atoms with Gasteiger partial charge in [0.15, 0.2) is 0 Å². The highest BCUT2D eigenvalue weighted by Crippen LogP contribution is 2.28. The number of rotatable bonds is 2. The molecule has 3 nitrogen and oxygen atoms in total. The van der Waals surface area contributed by atoms with Gasteiger partial charge in [0.2, 0.25) is 5.91 Å². The van der Waals surface area contributed by atoms with Crippen LogP contribution in [0.15, 0.2) is 0 Å². The molecule has 12 heavy (non-hydrogen) atoms. The normalized spacial score (nSPS) is 22.0. The van der Waals surface area contributed by atoms with Crippen LogP contribution >= 0.6 is 0 Å². The summed E-state index contributed by atoms with van der Waals surface area (Å²) in [7, 11) is 0. The molecule has 0 aromatic rings. The van der Waals surface area contributed by atoms with Crippen molar-refractivity contribution in [1.82, 2.24) is 10.6 Å². The van der Waals surface area contributed by atoms with Crippen LogP contribution in [0.1, 0.15) is 27.7 Å². The molecule has 0 atom stereocenters. The molecule has 3 heteroatoms. The standard InChI is InChI=1S/C9H18N2O/c1-6(2)9(7(3)4)8(12)10-5-11-9/h6-7,11H,5H2,1-4H3,(H,10,12). The molecular weight excluding hydrogens is 152 g/mol. The largest absolute Gasteiger partial charge is 0.342 e. The second-order valence-corrected chi connectivity index (χ2v) is 4.04. The van der Waals surface area contributed by atoms with E-state index in [1.807, 2.05) is 0 Å². The maximum atomic E-state index is 11.6. The molecule has 1 aliphatic rings. The molecule has 0 spiro atoms. The van der Waals surface area contributed by atoms with E-state index in [0.29, 0.717) is 18.5 Å². The van der Waals surface area contributed by atoms with Gasteiger partial charge in [-0.15, -0.1) is 0 Å². The van der Waals surface area contributed by atoms with E-state index in [1.165, 1.54) is 0 Å². The first kappa shape index (κ1) is 9.52. The first-order valence-corrected chi connectivity index (χ1v) is 4.55. The lowest BCUT2D eigenvalue weighted by Gasteiger charge is -2.34. The van der Waals surface area contributed by atoms with E-state index in [4.69, 9.17) is 0 Å². The highest BCUT2D eigenvalue weighted by molar-refractivity contribution is 5.88. The van der Waals surface area contributed by atoms with Gasteiger partial charge in [0, 0.05) is 0 Å². The molecule has 0 bridgehead atoms. The average molecular weight is 170 g/mol. The Hall–Kier alpha value is -0.570. The van der Waals surface area contributed by atoms with Gasteiger partial charge in [-0.2, -0.15) is 0 Å². The van der Waals surface area contributed by atoms with E-state index >= 15 is 0 Å². The van der Waals surface area contributed by atoms with Crippen molar-refractivity contribution < 1.29 is 4.79 Å². The Morgan fingerprint density at radius 2 is 1.75 bits per heavy atom. The molecule has 0 aliphatic carbocycles. The van der Waals surface area contributed by atoms with E-state index < -0.39 is 0 Å². The van der Waals surface area contributed by atoms with Crippen molar-refractivity contribution >= 4 is 5.91 Å². The quantitative estimate of drug-likeness (QED) is 0.641. The molecule has 0 aromatic carbocycles. The Balaban J connectivity index is 2.93. The minimum absolute atomic E-state index is 0.146. The topological polar surface area (TPSA) is 41.1 Å². The number of hydrogen-bond donors (Lipinski definition) is 2. The van der Waals surface area contributed by atoms with Crippen LogP contribution in [-0.2, 0) is 4.79 Å². The van der Waals surface area contributed by atoms with Crippen LogP contribution in [0.5, 0.6) is 0 Å². The minimum atomic E-state index is -0.347. The summed E-state index contributed by atoms with van der Waals surface area (Å²) in [6.45, 7) is 8.93. The van der Waals surface area contributed by atoms with Gasteiger partial charge < -0.3 is 5.32 Å². The first-order valence-electron chi connectivity index (χ1n) is 4.55. The maximum absolute atomic E-state index is 11.6. The van der Waals surface area contributed by atoms with E-state index in [9.17, 15) is 4.79 Å². The van der Waals surface area contributed by atoms with Crippen molar-refractivity contribution in [1.29, 1.82) is 0 Å². The lowest BCUT2D eigenvalue weighted by atomic mass is 9.77. The third kappa shape index (κ3) is 1.12. The molecule has 1 heterocycles. The lowest BCUT2D eigenvalue weighted by molar-refractivity contribution is -0.127. The summed E-state index contributed by atoms with van der Waals surface area (Å²) in [6.07, 6.45) is 0. The van der Waals surface area contributed by atoms with Gasteiger partial charge in [-0.25, -0.2) is 0 Å². The summed E-state index contributed by atoms with van der Waals surface area (Å²) in [5.74, 6) is 0.813. The number of carbonyl (C=O) groups is 1. The van der Waals surface area contributed by atoms with Gasteiger partial charge in [0.25, 0.3) is 0 Å². The lowest BCUT2D eigenvalue weighted by Crippen LogP contribution is -2.55. The van der Waals surface area contributed by atoms with Crippen LogP contribution in [0.4, 0.5) is 0 Å². The van der Waals surface area contributed by atoms with Crippen LogP contribution < -0.4 is 10.6 Å². The van der Waals surface area contributed by atoms with Gasteiger partial charge >= 0.3 is 0 Å². The van der Waals surface area contributed by atoms with Crippen molar-refractivity contribution in [2.75, 3.05) is 6.67 Å². The summed E-state index contributed by atoms with van der Waals surface area (Å²) < 4.78 is 0. The van der Waals surface area contributed by atoms with Crippen molar-refractivity contribution in [2.24, 2.45) is 11.8 Å². The van der Waals surface area contributed by atoms with E-state index in [0.717, 1.165) is 0 Å². The minimum Gasteiger partial charge on any atom is -0.342 e. The van der Waals surface area contributed by atoms with E-state index in [1.54, 1.807) is 0 Å². The van der Waals surface area contributed by atoms with Crippen molar-refractivity contribution in [3.63, 3.8) is 0 Å². The third-order valence-corrected chi connectivity index (χ3v) is 2.83. The molecule has 1 amide bonds. The highest BCUT2D eigenvalue weighted by Gasteiger charge is 2.47. The van der Waals surface area contributed by atoms with E-state index in [2.05, 4.69) is 38.3 Å². The van der Waals surface area contributed by atoms with Crippen LogP contribution in [0.3, 0.4) is 0 Å². The maximum Gasteiger partial charge on any atom is 0.241 e. The van der Waals surface area contributed by atoms with Gasteiger partial charge in [0.1, 0.15) is 5.54 Å². The number of hydrogen-bond acceptors (Lipinski definition) is 2. The van der Waals surface area contributed by atoms with Gasteiger partial charge in [-0.3, -0.25) is 10.1 Å². The second-order valence-electron chi connectivity index (χ2n) is 4.04. The molecule has 70 valence electrons. The summed E-state index contributed by atoms with van der Waals surface area (Å²) in [4.78, 5) is 11.6. The number of carbonyl (C=O) groups excluding carboxylic acids is 1. The summed E-state index contributed by atoms with van der Waals surface area (Å²) in [5.41, 5.74) is -0.347. The van der Waals surface area contributed by atoms with Crippen LogP contribution in [0, 0.1) is 11.8 Å². The van der Waals surface area contributed by atoms with Gasteiger partial charge in [-0.1, -0.05) is 27.7 Å². The predicted octanol–water partition coefficient (Wildman–Crippen LogP) is 0.714. The summed E-state index contributed by atoms with van der Waals surface area (Å²) >= 11 is 0. The monoisotopic (exact) mass is 170 g/mol. The molecule has 1 fully saturated rings. The Morgan fingerprint density at radius 1 is 1.25 bits per heavy atom. The first-order chi connectivity index (χ1) is 5.51. The molecule has 0 aromatic heterocycles. The Morgan fingerprint density at radius 3 is 1.92 bits per heavy atom. The summed E-state index contributed by atoms with van der Waals surface area (Å²) in [6, 6.07) is 0. The van der Waals surface area contributed by atoms with Crippen molar-refractivity contribution in [3.05, 3.63) is 0 Å². The SMILES string of the molecule is CC(C)C1(C(C)C)NCNC1=O. The summed E-state index contributed by atoms with van der Waals surface area (Å²) in [5, 5.41) is 6.08. The molecule has 1 aliphatic heterocycles. The van der Waals surface area contributed by atoms with Gasteiger partial charge in [-0.05, 0) is 11.8 Å². The van der Waals surface area contributed by atoms with Gasteiger partial charge in [0.05, 0.1) is 6.67 Å². The third-order valence-electron chi connectivity index (χ3n) is 2.83. The van der Waals surface area contributed by atoms with E-state index in [-0.39, 0.29) is 11.4 Å². The second kappa shape index (κ2) is 3.05. The molecule has 0 unspecified atom stereocenters. The van der Waals surface area contributed by atoms with Crippen molar-refractivity contribution in [3.8, 4) is 0 Å². The zero-order chi connectivity index (χ0) is 9.35. The fourth-order valence-electron chi connectivity index (χ4n) is 2.10. The smallest absolute Gasteiger partial charge is 0.241 e. The van der Waals surface area contributed by atoms with Crippen LogP contribution in [0.2, 0.25) is 0 Å². The zero-order valence-corrected chi connectivity index (χ0v) is 8.27. The molecule has 0 saturated carbocycles. The van der Waals surface area contributed by atoms with Crippen LogP contribution in [-0.4, -0.2) is 18.1 Å². The fraction of sp³-hybridized carbons (Fsp3) is 0.889. The molecule has 1 rings (SSSR count). The molecule has 0 radical (unpaired) electrons. The zero-order valence-electron chi connectivity index (χ0n) is 8.27. The molecule has 2 N–H and O–H groups in total. The number of nitrogens with one attached hydrogen (secondary N) is 2. The molecule has 1 saturated heterocycles. The average Bonchev–Trinajstić information content (AvgIpc) is 2.31. The predicted molar refractivity (Wildman–Crippen MR) is 48.6 cm³/mol. The van der Waals surface area contributed by atoms with Crippen LogP contribution in [0.25, 0.3) is 0 Å². The number of amides is 1. The Labute approximate surface area is 73.9 Å². The van der Waals surface area contributed by atoms with Crippen molar-refractivity contribution in [2.45, 2.75) is 33.2 Å².